The molecule has 3 N–H and O–H groups in total. The van der Waals surface area contributed by atoms with Gasteiger partial charge in [-0.15, -0.1) is 0 Å². The summed E-state index contributed by atoms with van der Waals surface area (Å²) in [4.78, 5) is 31.4. The van der Waals surface area contributed by atoms with Crippen molar-refractivity contribution in [3.05, 3.63) is 131 Å². The van der Waals surface area contributed by atoms with Crippen LogP contribution in [0.5, 0.6) is 5.75 Å². The number of nitrogens with one attached hydrogen (secondary N) is 3. The Hall–Kier alpha value is -4.91. The van der Waals surface area contributed by atoms with E-state index in [-0.39, 0.29) is 11.8 Å². The van der Waals surface area contributed by atoms with E-state index in [0.29, 0.717) is 13.0 Å². The molecule has 2 amide bonds. The molecule has 0 aliphatic rings. The number of nitrogens with zero attached hydrogens (tertiary/aromatic N) is 1. The molecule has 0 heterocycles. The van der Waals surface area contributed by atoms with Gasteiger partial charge in [-0.2, -0.15) is 0 Å². The van der Waals surface area contributed by atoms with E-state index >= 15 is 0 Å². The zero-order chi connectivity index (χ0) is 28.2. The summed E-state index contributed by atoms with van der Waals surface area (Å²) in [5.74, 6) is -0.324. The van der Waals surface area contributed by atoms with E-state index in [1.807, 2.05) is 109 Å². The number of aliphatic imine (C=N–C) groups is 1. The summed E-state index contributed by atoms with van der Waals surface area (Å²) in [5, 5.41) is 9.17. The number of ether oxygens (including phenoxy) is 1. The summed E-state index contributed by atoms with van der Waals surface area (Å²) in [7, 11) is 3.30. The lowest BCUT2D eigenvalue weighted by atomic mass is 9.90. The predicted molar refractivity (Wildman–Crippen MR) is 160 cm³/mol. The van der Waals surface area contributed by atoms with Crippen LogP contribution in [0.1, 0.15) is 28.2 Å². The average molecular weight is 535 g/mol. The summed E-state index contributed by atoms with van der Waals surface area (Å²) in [6.45, 7) is 0.324. The Morgan fingerprint density at radius 2 is 1.45 bits per heavy atom. The number of anilines is 1. The Bertz CT molecular complexity index is 1370. The minimum atomic E-state index is -0.796. The third-order valence-electron chi connectivity index (χ3n) is 6.51. The molecule has 7 nitrogen and oxygen atoms in total. The van der Waals surface area contributed by atoms with Crippen LogP contribution in [0.3, 0.4) is 0 Å². The number of carbonyl (C=O) groups is 2. The SMILES string of the molecule is CN=CNc1cccc(CC(NC(=O)C(c2ccccc2)c2ccccc2)C(=O)NCc2ccc(OC)cc2)c1. The smallest absolute Gasteiger partial charge is 0.243 e. The highest BCUT2D eigenvalue weighted by atomic mass is 16.5. The van der Waals surface area contributed by atoms with Crippen molar-refractivity contribution >= 4 is 23.8 Å². The molecule has 204 valence electrons. The Kier molecular flexibility index (Phi) is 10.0. The molecule has 0 radical (unpaired) electrons. The second-order valence-electron chi connectivity index (χ2n) is 9.32. The molecule has 0 aliphatic heterocycles. The quantitative estimate of drug-likeness (QED) is 0.177. The van der Waals surface area contributed by atoms with Crippen LogP contribution in [0.15, 0.2) is 114 Å². The largest absolute Gasteiger partial charge is 0.497 e. The molecule has 0 aliphatic carbocycles. The lowest BCUT2D eigenvalue weighted by Crippen LogP contribution is -2.49. The standard InChI is InChI=1S/C33H34N4O3/c1-34-23-36-28-15-9-10-25(20-28)21-30(32(38)35-22-24-16-18-29(40-2)19-17-24)37-33(39)31(26-11-5-3-6-12-26)27-13-7-4-8-14-27/h3-20,23,30-31H,21-22H2,1-2H3,(H,34,36)(H,35,38)(H,37,39). The molecule has 0 spiro atoms. The number of carbonyl (C=O) groups excluding carboxylic acids is 2. The number of amides is 2. The highest BCUT2D eigenvalue weighted by molar-refractivity contribution is 5.92. The van der Waals surface area contributed by atoms with Crippen LogP contribution in [0.25, 0.3) is 0 Å². The van der Waals surface area contributed by atoms with Gasteiger partial charge in [-0.3, -0.25) is 14.6 Å². The topological polar surface area (TPSA) is 91.8 Å². The van der Waals surface area contributed by atoms with E-state index < -0.39 is 12.0 Å². The van der Waals surface area contributed by atoms with Crippen molar-refractivity contribution < 1.29 is 14.3 Å². The van der Waals surface area contributed by atoms with E-state index in [9.17, 15) is 9.59 Å². The highest BCUT2D eigenvalue weighted by Gasteiger charge is 2.28. The second kappa shape index (κ2) is 14.3. The second-order valence-corrected chi connectivity index (χ2v) is 9.32. The van der Waals surface area contributed by atoms with Crippen molar-refractivity contribution in [2.75, 3.05) is 19.5 Å². The Morgan fingerprint density at radius 3 is 2.05 bits per heavy atom. The fourth-order valence-electron chi connectivity index (χ4n) is 4.47. The van der Waals surface area contributed by atoms with Crippen molar-refractivity contribution in [1.29, 1.82) is 0 Å². The third kappa shape index (κ3) is 7.80. The van der Waals surface area contributed by atoms with Gasteiger partial charge in [-0.05, 0) is 46.5 Å². The van der Waals surface area contributed by atoms with E-state index in [1.165, 1.54) is 0 Å². The van der Waals surface area contributed by atoms with E-state index in [0.717, 1.165) is 33.7 Å². The highest BCUT2D eigenvalue weighted by Crippen LogP contribution is 2.25. The molecule has 1 unspecified atom stereocenters. The average Bonchev–Trinajstić information content (AvgIpc) is 3.00. The zero-order valence-electron chi connectivity index (χ0n) is 22.7. The first-order valence-corrected chi connectivity index (χ1v) is 13.1. The first-order valence-electron chi connectivity index (χ1n) is 13.1. The summed E-state index contributed by atoms with van der Waals surface area (Å²) in [5.41, 5.74) is 4.38. The molecule has 4 aromatic rings. The van der Waals surface area contributed by atoms with Crippen LogP contribution < -0.4 is 20.7 Å². The maximum atomic E-state index is 13.9. The fourth-order valence-corrected chi connectivity index (χ4v) is 4.47. The van der Waals surface area contributed by atoms with Gasteiger partial charge >= 0.3 is 0 Å². The molecule has 0 fully saturated rings. The van der Waals surface area contributed by atoms with Gasteiger partial charge in [0.1, 0.15) is 11.8 Å². The van der Waals surface area contributed by atoms with Crippen LogP contribution in [-0.4, -0.2) is 38.4 Å². The molecule has 4 aromatic carbocycles. The number of hydrogen-bond donors (Lipinski definition) is 3. The van der Waals surface area contributed by atoms with Crippen LogP contribution in [0, 0.1) is 0 Å². The van der Waals surface area contributed by atoms with Crippen LogP contribution in [0.2, 0.25) is 0 Å². The molecular weight excluding hydrogens is 500 g/mol. The Labute approximate surface area is 235 Å². The van der Waals surface area contributed by atoms with E-state index in [1.54, 1.807) is 20.5 Å². The summed E-state index contributed by atoms with van der Waals surface area (Å²) < 4.78 is 5.22. The molecule has 1 atom stereocenters. The van der Waals surface area contributed by atoms with Crippen molar-refractivity contribution in [1.82, 2.24) is 10.6 Å². The Morgan fingerprint density at radius 1 is 0.800 bits per heavy atom. The van der Waals surface area contributed by atoms with Gasteiger partial charge in [0.2, 0.25) is 11.8 Å². The van der Waals surface area contributed by atoms with Gasteiger partial charge in [0.05, 0.1) is 19.4 Å². The van der Waals surface area contributed by atoms with Crippen LogP contribution >= 0.6 is 0 Å². The van der Waals surface area contributed by atoms with Gasteiger partial charge < -0.3 is 20.7 Å². The minimum absolute atomic E-state index is 0.241. The monoisotopic (exact) mass is 534 g/mol. The molecule has 0 saturated carbocycles. The van der Waals surface area contributed by atoms with Crippen LogP contribution in [0.4, 0.5) is 5.69 Å². The van der Waals surface area contributed by atoms with Crippen LogP contribution in [-0.2, 0) is 22.6 Å². The fraction of sp³-hybridized carbons (Fsp3) is 0.182. The Balaban J connectivity index is 1.58. The minimum Gasteiger partial charge on any atom is -0.497 e. The van der Waals surface area contributed by atoms with Gasteiger partial charge in [0.25, 0.3) is 0 Å². The van der Waals surface area contributed by atoms with Gasteiger partial charge in [0.15, 0.2) is 0 Å². The first-order chi connectivity index (χ1) is 19.6. The summed E-state index contributed by atoms with van der Waals surface area (Å²) in [6, 6.07) is 33.6. The van der Waals surface area contributed by atoms with Crippen molar-refractivity contribution in [3.63, 3.8) is 0 Å². The van der Waals surface area contributed by atoms with Gasteiger partial charge in [-0.1, -0.05) is 84.9 Å². The molecule has 7 heteroatoms. The zero-order valence-corrected chi connectivity index (χ0v) is 22.7. The van der Waals surface area contributed by atoms with Gasteiger partial charge in [0, 0.05) is 25.7 Å². The predicted octanol–water partition coefficient (Wildman–Crippen LogP) is 4.94. The summed E-state index contributed by atoms with van der Waals surface area (Å²) >= 11 is 0. The summed E-state index contributed by atoms with van der Waals surface area (Å²) in [6.07, 6.45) is 1.92. The molecule has 0 saturated heterocycles. The molecule has 4 rings (SSSR count). The molecule has 0 aromatic heterocycles. The van der Waals surface area contributed by atoms with E-state index in [4.69, 9.17) is 4.74 Å². The number of benzene rings is 4. The molecule has 0 bridgehead atoms. The lowest BCUT2D eigenvalue weighted by Gasteiger charge is -2.23. The molecule has 40 heavy (non-hydrogen) atoms. The maximum Gasteiger partial charge on any atom is 0.243 e. The number of rotatable bonds is 12. The van der Waals surface area contributed by atoms with Crippen molar-refractivity contribution in [3.8, 4) is 5.75 Å². The van der Waals surface area contributed by atoms with E-state index in [2.05, 4.69) is 20.9 Å². The normalized spacial score (nSPS) is 11.7. The maximum absolute atomic E-state index is 13.9. The van der Waals surface area contributed by atoms with Crippen molar-refractivity contribution in [2.45, 2.75) is 24.9 Å². The van der Waals surface area contributed by atoms with Gasteiger partial charge in [-0.25, -0.2) is 0 Å². The third-order valence-corrected chi connectivity index (χ3v) is 6.51. The number of hydrogen-bond acceptors (Lipinski definition) is 4. The lowest BCUT2D eigenvalue weighted by molar-refractivity contribution is -0.129. The molecular formula is C33H34N4O3. The number of methoxy groups -OCH3 is 1. The first kappa shape index (κ1) is 28.1. The van der Waals surface area contributed by atoms with Crippen molar-refractivity contribution in [2.24, 2.45) is 4.99 Å².